The molecule has 1 fully saturated rings. The van der Waals surface area contributed by atoms with Gasteiger partial charge in [0.15, 0.2) is 0 Å². The Morgan fingerprint density at radius 3 is 2.61 bits per heavy atom. The molecule has 7 heteroatoms. The maximum atomic E-state index is 13.7. The largest absolute Gasteiger partial charge is 0.353 e. The molecular weight excluding hydrogens is 393 g/mol. The summed E-state index contributed by atoms with van der Waals surface area (Å²) in [6.45, 7) is 9.08. The third kappa shape index (κ3) is 4.82. The minimum atomic E-state index is -0.494. The molecule has 1 aliphatic rings. The first-order valence-electron chi connectivity index (χ1n) is 10.8. The number of carbonyl (C=O) groups is 1. The minimum absolute atomic E-state index is 0.0868. The number of anilines is 1. The average Bonchev–Trinajstić information content (AvgIpc) is 2.79. The first-order valence-corrected chi connectivity index (χ1v) is 10.8. The van der Waals surface area contributed by atoms with Crippen LogP contribution < -0.4 is 10.2 Å². The van der Waals surface area contributed by atoms with E-state index >= 15 is 0 Å². The highest BCUT2D eigenvalue weighted by Gasteiger charge is 2.20. The van der Waals surface area contributed by atoms with E-state index in [9.17, 15) is 9.18 Å². The number of halogens is 1. The Kier molecular flexibility index (Phi) is 6.42. The lowest BCUT2D eigenvalue weighted by Crippen LogP contribution is -2.48. The molecule has 1 aliphatic heterocycles. The number of benzene rings is 2. The van der Waals surface area contributed by atoms with E-state index in [2.05, 4.69) is 57.1 Å². The van der Waals surface area contributed by atoms with Crippen molar-refractivity contribution >= 4 is 22.6 Å². The lowest BCUT2D eigenvalue weighted by molar-refractivity contribution is 0.0943. The van der Waals surface area contributed by atoms with Crippen LogP contribution in [0.3, 0.4) is 0 Å². The van der Waals surface area contributed by atoms with Crippen molar-refractivity contribution in [3.05, 3.63) is 65.7 Å². The van der Waals surface area contributed by atoms with Gasteiger partial charge in [-0.05, 0) is 35.7 Å². The molecule has 0 radical (unpaired) electrons. The van der Waals surface area contributed by atoms with Gasteiger partial charge in [-0.3, -0.25) is 9.69 Å². The van der Waals surface area contributed by atoms with Crippen molar-refractivity contribution < 1.29 is 9.18 Å². The molecule has 0 spiro atoms. The molecule has 0 aliphatic carbocycles. The molecule has 1 saturated heterocycles. The fraction of sp³-hybridized carbons (Fsp3) is 0.375. The van der Waals surface area contributed by atoms with Gasteiger partial charge in [-0.1, -0.05) is 32.0 Å². The van der Waals surface area contributed by atoms with E-state index in [0.29, 0.717) is 12.5 Å². The minimum Gasteiger partial charge on any atom is -0.353 e. The highest BCUT2D eigenvalue weighted by Crippen LogP contribution is 2.27. The second kappa shape index (κ2) is 9.39. The maximum Gasteiger partial charge on any atom is 0.254 e. The van der Waals surface area contributed by atoms with Crippen LogP contribution in [0.5, 0.6) is 0 Å². The van der Waals surface area contributed by atoms with Crippen LogP contribution >= 0.6 is 0 Å². The molecule has 2 aromatic carbocycles. The lowest BCUT2D eigenvalue weighted by Gasteiger charge is -2.35. The molecule has 1 N–H and O–H groups in total. The van der Waals surface area contributed by atoms with Crippen molar-refractivity contribution in [3.8, 4) is 0 Å². The van der Waals surface area contributed by atoms with Gasteiger partial charge in [0.25, 0.3) is 5.91 Å². The molecule has 1 amide bonds. The number of hydrogen-bond acceptors (Lipinski definition) is 5. The number of rotatable bonds is 6. The van der Waals surface area contributed by atoms with Crippen LogP contribution in [0.2, 0.25) is 0 Å². The third-order valence-electron chi connectivity index (χ3n) is 5.81. The van der Waals surface area contributed by atoms with Crippen LogP contribution in [-0.4, -0.2) is 60.0 Å². The van der Waals surface area contributed by atoms with Gasteiger partial charge < -0.3 is 10.2 Å². The van der Waals surface area contributed by atoms with E-state index in [1.165, 1.54) is 17.7 Å². The molecule has 3 aromatic rings. The van der Waals surface area contributed by atoms with Crippen LogP contribution in [0, 0.1) is 5.82 Å². The zero-order chi connectivity index (χ0) is 21.8. The van der Waals surface area contributed by atoms with Crippen LogP contribution in [0.25, 0.3) is 10.9 Å². The summed E-state index contributed by atoms with van der Waals surface area (Å²) in [5.41, 5.74) is 2.34. The first-order chi connectivity index (χ1) is 15.0. The van der Waals surface area contributed by atoms with E-state index in [-0.39, 0.29) is 11.5 Å². The van der Waals surface area contributed by atoms with Crippen molar-refractivity contribution in [2.24, 2.45) is 0 Å². The van der Waals surface area contributed by atoms with E-state index < -0.39 is 5.82 Å². The molecule has 31 heavy (non-hydrogen) atoms. The Labute approximate surface area is 182 Å². The Balaban J connectivity index is 1.33. The summed E-state index contributed by atoms with van der Waals surface area (Å²) in [5, 5.41) is 3.91. The number of nitrogens with one attached hydrogen (secondary N) is 1. The van der Waals surface area contributed by atoms with Gasteiger partial charge in [0.1, 0.15) is 18.0 Å². The molecule has 1 aromatic heterocycles. The molecule has 4 rings (SSSR count). The summed E-state index contributed by atoms with van der Waals surface area (Å²) >= 11 is 0. The molecule has 2 heterocycles. The van der Waals surface area contributed by atoms with Crippen LogP contribution in [-0.2, 0) is 0 Å². The maximum absolute atomic E-state index is 13.7. The number of piperazine rings is 1. The van der Waals surface area contributed by atoms with Gasteiger partial charge in [-0.2, -0.15) is 0 Å². The zero-order valence-electron chi connectivity index (χ0n) is 18.0. The predicted molar refractivity (Wildman–Crippen MR) is 121 cm³/mol. The molecular formula is C24H28FN5O. The van der Waals surface area contributed by atoms with Gasteiger partial charge in [0.2, 0.25) is 0 Å². The van der Waals surface area contributed by atoms with Crippen molar-refractivity contribution in [3.63, 3.8) is 0 Å². The predicted octanol–water partition coefficient (Wildman–Crippen LogP) is 3.44. The molecule has 0 atom stereocenters. The smallest absolute Gasteiger partial charge is 0.254 e. The number of nitrogens with zero attached hydrogens (tertiary/aromatic N) is 4. The van der Waals surface area contributed by atoms with Gasteiger partial charge in [0, 0.05) is 44.7 Å². The van der Waals surface area contributed by atoms with Gasteiger partial charge >= 0.3 is 0 Å². The monoisotopic (exact) mass is 421 g/mol. The molecule has 0 bridgehead atoms. The number of carbonyl (C=O) groups excluding carboxylic acids is 1. The second-order valence-electron chi connectivity index (χ2n) is 8.19. The SMILES string of the molecule is CC(C)c1ccc2ncnc(N3CCN(CCNC(=O)c4ccccc4F)CC3)c2c1. The molecule has 6 nitrogen and oxygen atoms in total. The Hall–Kier alpha value is -3.06. The van der Waals surface area contributed by atoms with Crippen molar-refractivity contribution in [1.29, 1.82) is 0 Å². The number of amides is 1. The average molecular weight is 422 g/mol. The number of aromatic nitrogens is 2. The van der Waals surface area contributed by atoms with Gasteiger partial charge in [0.05, 0.1) is 11.1 Å². The van der Waals surface area contributed by atoms with Crippen molar-refractivity contribution in [2.75, 3.05) is 44.2 Å². The van der Waals surface area contributed by atoms with Crippen molar-refractivity contribution in [2.45, 2.75) is 19.8 Å². The van der Waals surface area contributed by atoms with Crippen LogP contribution in [0.1, 0.15) is 35.7 Å². The van der Waals surface area contributed by atoms with Crippen LogP contribution in [0.4, 0.5) is 10.2 Å². The third-order valence-corrected chi connectivity index (χ3v) is 5.81. The topological polar surface area (TPSA) is 61.4 Å². The van der Waals surface area contributed by atoms with E-state index in [4.69, 9.17) is 0 Å². The highest BCUT2D eigenvalue weighted by molar-refractivity contribution is 5.94. The summed E-state index contributed by atoms with van der Waals surface area (Å²) in [4.78, 5) is 25.8. The summed E-state index contributed by atoms with van der Waals surface area (Å²) in [6.07, 6.45) is 1.64. The van der Waals surface area contributed by atoms with E-state index in [0.717, 1.165) is 49.4 Å². The lowest BCUT2D eigenvalue weighted by atomic mass is 10.0. The normalized spacial score (nSPS) is 14.9. The molecule has 0 unspecified atom stereocenters. The Bertz CT molecular complexity index is 1060. The van der Waals surface area contributed by atoms with E-state index in [1.54, 1.807) is 18.5 Å². The van der Waals surface area contributed by atoms with Crippen molar-refractivity contribution in [1.82, 2.24) is 20.2 Å². The van der Waals surface area contributed by atoms with E-state index in [1.807, 2.05) is 0 Å². The zero-order valence-corrected chi connectivity index (χ0v) is 18.0. The summed E-state index contributed by atoms with van der Waals surface area (Å²) in [6, 6.07) is 12.5. The highest BCUT2D eigenvalue weighted by atomic mass is 19.1. The standard InChI is InChI=1S/C24H28FN5O/c1-17(2)18-7-8-22-20(15-18)23(28-16-27-22)30-13-11-29(12-14-30)10-9-26-24(31)19-5-3-4-6-21(19)25/h3-8,15-17H,9-14H2,1-2H3,(H,26,31). The summed E-state index contributed by atoms with van der Waals surface area (Å²) < 4.78 is 13.7. The van der Waals surface area contributed by atoms with Crippen LogP contribution in [0.15, 0.2) is 48.8 Å². The number of hydrogen-bond donors (Lipinski definition) is 1. The molecule has 0 saturated carbocycles. The fourth-order valence-corrected chi connectivity index (χ4v) is 3.92. The molecule has 162 valence electrons. The Morgan fingerprint density at radius 1 is 1.10 bits per heavy atom. The van der Waals surface area contributed by atoms with Gasteiger partial charge in [-0.15, -0.1) is 0 Å². The van der Waals surface area contributed by atoms with Gasteiger partial charge in [-0.25, -0.2) is 14.4 Å². The second-order valence-corrected chi connectivity index (χ2v) is 8.19. The fourth-order valence-electron chi connectivity index (χ4n) is 3.92. The quantitative estimate of drug-likeness (QED) is 0.661. The summed E-state index contributed by atoms with van der Waals surface area (Å²) in [5.74, 6) is 0.574. The summed E-state index contributed by atoms with van der Waals surface area (Å²) in [7, 11) is 0. The Morgan fingerprint density at radius 2 is 1.87 bits per heavy atom. The number of fused-ring (bicyclic) bond motifs is 1. The first kappa shape index (κ1) is 21.2.